The highest BCUT2D eigenvalue weighted by Gasteiger charge is 2.59. The number of aliphatic hydroxyl groups is 2. The summed E-state index contributed by atoms with van der Waals surface area (Å²) in [6.07, 6.45) is 3.02. The molecule has 126 valence electrons. The molecule has 1 fully saturated rings. The number of ether oxygens (including phenoxy) is 2. The lowest BCUT2D eigenvalue weighted by atomic mass is 9.70. The molecule has 23 heavy (non-hydrogen) atoms. The van der Waals surface area contributed by atoms with Gasteiger partial charge in [-0.05, 0) is 32.3 Å². The second-order valence-corrected chi connectivity index (χ2v) is 7.18. The van der Waals surface area contributed by atoms with Crippen LogP contribution >= 0.6 is 0 Å². The number of rotatable bonds is 5. The lowest BCUT2D eigenvalue weighted by molar-refractivity contribution is -0.182. The molecule has 1 aromatic rings. The Morgan fingerprint density at radius 2 is 2.00 bits per heavy atom. The topological polar surface area (TPSA) is 58.9 Å². The Balaban J connectivity index is 1.52. The molecule has 3 atom stereocenters. The zero-order valence-electron chi connectivity index (χ0n) is 13.9. The van der Waals surface area contributed by atoms with E-state index in [2.05, 4.69) is 6.08 Å². The third-order valence-electron chi connectivity index (χ3n) is 5.12. The molecular weight excluding hydrogens is 292 g/mol. The van der Waals surface area contributed by atoms with E-state index in [1.165, 1.54) is 0 Å². The van der Waals surface area contributed by atoms with E-state index in [0.717, 1.165) is 24.0 Å². The molecule has 0 bridgehead atoms. The maximum Gasteiger partial charge on any atom is 0.185 e. The maximum atomic E-state index is 10.9. The highest BCUT2D eigenvalue weighted by molar-refractivity contribution is 5.20. The molecule has 1 aliphatic carbocycles. The Bertz CT molecular complexity index is 566. The van der Waals surface area contributed by atoms with Crippen molar-refractivity contribution in [3.63, 3.8) is 0 Å². The smallest absolute Gasteiger partial charge is 0.185 e. The zero-order valence-corrected chi connectivity index (χ0v) is 13.9. The summed E-state index contributed by atoms with van der Waals surface area (Å²) in [4.78, 5) is 0. The molecule has 2 aliphatic rings. The molecule has 1 aromatic carbocycles. The first kappa shape index (κ1) is 16.7. The third kappa shape index (κ3) is 3.36. The van der Waals surface area contributed by atoms with Crippen LogP contribution in [0.3, 0.4) is 0 Å². The summed E-state index contributed by atoms with van der Waals surface area (Å²) in [6, 6.07) is 10.1. The van der Waals surface area contributed by atoms with Crippen molar-refractivity contribution < 1.29 is 19.7 Å². The molecular formula is C19H26O4. The fourth-order valence-electron chi connectivity index (χ4n) is 3.82. The highest BCUT2D eigenvalue weighted by atomic mass is 16.6. The van der Waals surface area contributed by atoms with Crippen molar-refractivity contribution >= 4 is 0 Å². The van der Waals surface area contributed by atoms with Gasteiger partial charge >= 0.3 is 0 Å². The molecule has 0 saturated carbocycles. The monoisotopic (exact) mass is 318 g/mol. The Morgan fingerprint density at radius 3 is 2.74 bits per heavy atom. The van der Waals surface area contributed by atoms with Crippen LogP contribution in [0.25, 0.3) is 0 Å². The molecule has 0 radical (unpaired) electrons. The summed E-state index contributed by atoms with van der Waals surface area (Å²) in [5.74, 6) is -0.0704. The van der Waals surface area contributed by atoms with Gasteiger partial charge in [0.05, 0.1) is 18.8 Å². The van der Waals surface area contributed by atoms with Crippen molar-refractivity contribution in [2.75, 3.05) is 6.61 Å². The number of hydrogen-bond acceptors (Lipinski definition) is 4. The van der Waals surface area contributed by atoms with Crippen LogP contribution in [-0.2, 0) is 16.1 Å². The standard InChI is InChI=1S/C19H26O4/c1-18(2)16-9-8-14(12-19(16,21)17(20)23-18)10-11-22-13-15-6-4-3-5-7-15/h3-8,16-17,20-21H,9-13H2,1-2H3/t16-,17+,19+/m0/s1. The molecule has 1 saturated heterocycles. The molecule has 2 N–H and O–H groups in total. The maximum absolute atomic E-state index is 10.9. The predicted octanol–water partition coefficient (Wildman–Crippen LogP) is 2.79. The van der Waals surface area contributed by atoms with Crippen LogP contribution in [0.2, 0.25) is 0 Å². The number of fused-ring (bicyclic) bond motifs is 1. The van der Waals surface area contributed by atoms with Crippen LogP contribution in [0, 0.1) is 5.92 Å². The SMILES string of the molecule is CC1(C)O[C@@H](O)[C@@]2(O)CC(CCOCc3ccccc3)=CC[C@@H]12. The van der Waals surface area contributed by atoms with Crippen LogP contribution in [0.5, 0.6) is 0 Å². The number of hydrogen-bond donors (Lipinski definition) is 2. The molecule has 0 unspecified atom stereocenters. The molecule has 0 spiro atoms. The fraction of sp³-hybridized carbons (Fsp3) is 0.579. The van der Waals surface area contributed by atoms with E-state index >= 15 is 0 Å². The summed E-state index contributed by atoms with van der Waals surface area (Å²) in [5, 5.41) is 21.0. The van der Waals surface area contributed by atoms with Gasteiger partial charge in [-0.3, -0.25) is 0 Å². The van der Waals surface area contributed by atoms with Crippen LogP contribution in [0.4, 0.5) is 0 Å². The van der Waals surface area contributed by atoms with Crippen molar-refractivity contribution in [2.45, 2.75) is 57.2 Å². The van der Waals surface area contributed by atoms with Crippen LogP contribution in [0.15, 0.2) is 42.0 Å². The zero-order chi connectivity index (χ0) is 16.5. The minimum atomic E-state index is -1.17. The number of aliphatic hydroxyl groups excluding tert-OH is 1. The van der Waals surface area contributed by atoms with Gasteiger partial charge in [-0.1, -0.05) is 42.0 Å². The van der Waals surface area contributed by atoms with Crippen molar-refractivity contribution in [3.05, 3.63) is 47.5 Å². The fourth-order valence-corrected chi connectivity index (χ4v) is 3.82. The first-order valence-corrected chi connectivity index (χ1v) is 8.30. The van der Waals surface area contributed by atoms with E-state index in [1.54, 1.807) is 0 Å². The quantitative estimate of drug-likeness (QED) is 0.647. The van der Waals surface area contributed by atoms with E-state index in [4.69, 9.17) is 9.47 Å². The largest absolute Gasteiger partial charge is 0.384 e. The summed E-state index contributed by atoms with van der Waals surface area (Å²) in [6.45, 7) is 5.07. The van der Waals surface area contributed by atoms with Gasteiger partial charge in [0.25, 0.3) is 0 Å². The van der Waals surface area contributed by atoms with E-state index in [-0.39, 0.29) is 5.92 Å². The van der Waals surface area contributed by atoms with Gasteiger partial charge in [-0.15, -0.1) is 0 Å². The van der Waals surface area contributed by atoms with Gasteiger partial charge in [-0.2, -0.15) is 0 Å². The second kappa shape index (κ2) is 6.36. The Labute approximate surface area is 137 Å². The normalized spacial score (nSPS) is 32.4. The molecule has 4 heteroatoms. The van der Waals surface area contributed by atoms with Crippen LogP contribution in [-0.4, -0.2) is 34.3 Å². The van der Waals surface area contributed by atoms with E-state index in [0.29, 0.717) is 19.6 Å². The minimum Gasteiger partial charge on any atom is -0.384 e. The van der Waals surface area contributed by atoms with Crippen molar-refractivity contribution in [1.29, 1.82) is 0 Å². The molecule has 4 nitrogen and oxygen atoms in total. The average molecular weight is 318 g/mol. The molecule has 1 heterocycles. The van der Waals surface area contributed by atoms with Crippen molar-refractivity contribution in [1.82, 2.24) is 0 Å². The lowest BCUT2D eigenvalue weighted by Crippen LogP contribution is -2.47. The van der Waals surface area contributed by atoms with Gasteiger partial charge in [0, 0.05) is 12.3 Å². The Hall–Kier alpha value is -1.20. The van der Waals surface area contributed by atoms with Gasteiger partial charge in [0.15, 0.2) is 6.29 Å². The van der Waals surface area contributed by atoms with Crippen LogP contribution in [0.1, 0.15) is 38.7 Å². The predicted molar refractivity (Wildman–Crippen MR) is 87.6 cm³/mol. The summed E-state index contributed by atoms with van der Waals surface area (Å²) >= 11 is 0. The molecule has 1 aliphatic heterocycles. The lowest BCUT2D eigenvalue weighted by Gasteiger charge is -2.37. The van der Waals surface area contributed by atoms with E-state index < -0.39 is 17.5 Å². The van der Waals surface area contributed by atoms with Gasteiger partial charge < -0.3 is 19.7 Å². The first-order chi connectivity index (χ1) is 10.9. The third-order valence-corrected chi connectivity index (χ3v) is 5.12. The van der Waals surface area contributed by atoms with E-state index in [1.807, 2.05) is 44.2 Å². The second-order valence-electron chi connectivity index (χ2n) is 7.18. The van der Waals surface area contributed by atoms with Crippen molar-refractivity contribution in [3.8, 4) is 0 Å². The van der Waals surface area contributed by atoms with Gasteiger partial charge in [0.2, 0.25) is 0 Å². The van der Waals surface area contributed by atoms with Crippen LogP contribution < -0.4 is 0 Å². The summed E-state index contributed by atoms with van der Waals surface area (Å²) < 4.78 is 11.3. The van der Waals surface area contributed by atoms with Gasteiger partial charge in [0.1, 0.15) is 5.60 Å². The van der Waals surface area contributed by atoms with Crippen molar-refractivity contribution in [2.24, 2.45) is 5.92 Å². The Morgan fingerprint density at radius 1 is 1.26 bits per heavy atom. The molecule has 0 aromatic heterocycles. The summed E-state index contributed by atoms with van der Waals surface area (Å²) in [5.41, 5.74) is 0.620. The molecule has 0 amide bonds. The Kier molecular flexibility index (Phi) is 4.61. The van der Waals surface area contributed by atoms with Gasteiger partial charge in [-0.25, -0.2) is 0 Å². The summed E-state index contributed by atoms with van der Waals surface area (Å²) in [7, 11) is 0. The van der Waals surface area contributed by atoms with E-state index in [9.17, 15) is 10.2 Å². The molecule has 3 rings (SSSR count). The minimum absolute atomic E-state index is 0.0704. The number of benzene rings is 1. The first-order valence-electron chi connectivity index (χ1n) is 8.30. The highest BCUT2D eigenvalue weighted by Crippen LogP contribution is 2.50. The number of allylic oxidation sites excluding steroid dienone is 1. The average Bonchev–Trinajstić information content (AvgIpc) is 2.69.